The van der Waals surface area contributed by atoms with E-state index in [4.69, 9.17) is 16.2 Å². The largest absolute Gasteiger partial charge is 0.458 e. The molecule has 0 saturated heterocycles. The number of rotatable bonds is 7. The maximum Gasteiger partial charge on any atom is 0.338 e. The second-order valence-corrected chi connectivity index (χ2v) is 14.8. The first-order chi connectivity index (χ1) is 18.4. The standard InChI is InChI=1S/C35H54N2O2/c1-21(2)8-7-9-22(3)29-12-13-30-27-11-10-24-18-26(14-16-34(24,5)31(27)15-17-35(29,30)6)39-33(38)28-19-25(36)20-32(37)23(28)4/h10,19-22,26-27,29-31H,7-9,11-18,36-37H2,1-6H3/t22-,26+,27+,29-,30+,31+,34+,35-/m1/s1. The second-order valence-electron chi connectivity index (χ2n) is 14.8. The lowest BCUT2D eigenvalue weighted by Gasteiger charge is -2.58. The molecular weight excluding hydrogens is 480 g/mol. The van der Waals surface area contributed by atoms with Crippen LogP contribution in [0.25, 0.3) is 0 Å². The Balaban J connectivity index is 1.26. The first-order valence-electron chi connectivity index (χ1n) is 16.0. The van der Waals surface area contributed by atoms with E-state index >= 15 is 0 Å². The molecule has 4 aliphatic rings. The van der Waals surface area contributed by atoms with Gasteiger partial charge in [-0.25, -0.2) is 4.79 Å². The number of esters is 1. The van der Waals surface area contributed by atoms with Crippen molar-refractivity contribution in [2.75, 3.05) is 11.5 Å². The average Bonchev–Trinajstić information content (AvgIpc) is 3.23. The molecule has 3 fully saturated rings. The molecule has 1 aromatic carbocycles. The molecular formula is C35H54N2O2. The van der Waals surface area contributed by atoms with Crippen LogP contribution in [0.1, 0.15) is 121 Å². The van der Waals surface area contributed by atoms with Crippen LogP contribution in [0, 0.1) is 53.3 Å². The van der Waals surface area contributed by atoms with Gasteiger partial charge in [0.1, 0.15) is 6.10 Å². The number of allylic oxidation sites excluding steroid dienone is 1. The molecule has 0 spiro atoms. The van der Waals surface area contributed by atoms with Crippen molar-refractivity contribution in [1.82, 2.24) is 0 Å². The molecule has 0 heterocycles. The normalized spacial score (nSPS) is 36.5. The van der Waals surface area contributed by atoms with Gasteiger partial charge in [0, 0.05) is 17.8 Å². The molecule has 4 aliphatic carbocycles. The SMILES string of the molecule is Cc1c(N)cc(N)cc1C(=O)O[C@H]1CC[C@@]2(C)C(=CC[C@H]3[C@@H]4CC[C@H]([C@H](C)CCCC(C)C)[C@@]4(C)CC[C@@H]32)C1. The molecule has 0 aromatic heterocycles. The monoisotopic (exact) mass is 534 g/mol. The van der Waals surface area contributed by atoms with E-state index in [9.17, 15) is 4.79 Å². The number of fused-ring (bicyclic) bond motifs is 5. The molecule has 216 valence electrons. The van der Waals surface area contributed by atoms with Crippen LogP contribution in [0.2, 0.25) is 0 Å². The van der Waals surface area contributed by atoms with Crippen LogP contribution < -0.4 is 11.5 Å². The first kappa shape index (κ1) is 28.6. The van der Waals surface area contributed by atoms with E-state index in [-0.39, 0.29) is 17.5 Å². The number of nitrogens with two attached hydrogens (primary N) is 2. The highest BCUT2D eigenvalue weighted by molar-refractivity contribution is 5.94. The summed E-state index contributed by atoms with van der Waals surface area (Å²) in [7, 11) is 0. The van der Waals surface area contributed by atoms with Gasteiger partial charge in [-0.3, -0.25) is 0 Å². The van der Waals surface area contributed by atoms with Crippen molar-refractivity contribution in [1.29, 1.82) is 0 Å². The fourth-order valence-corrected chi connectivity index (χ4v) is 9.94. The number of ether oxygens (including phenoxy) is 1. The van der Waals surface area contributed by atoms with Gasteiger partial charge in [-0.2, -0.15) is 0 Å². The molecule has 39 heavy (non-hydrogen) atoms. The van der Waals surface area contributed by atoms with Crippen LogP contribution in [0.5, 0.6) is 0 Å². The van der Waals surface area contributed by atoms with Gasteiger partial charge >= 0.3 is 5.97 Å². The lowest BCUT2D eigenvalue weighted by Crippen LogP contribution is -2.51. The summed E-state index contributed by atoms with van der Waals surface area (Å²) in [5.41, 5.74) is 16.7. The third-order valence-corrected chi connectivity index (χ3v) is 12.2. The Morgan fingerprint density at radius 3 is 2.54 bits per heavy atom. The summed E-state index contributed by atoms with van der Waals surface area (Å²) in [5.74, 6) is 4.75. The minimum atomic E-state index is -0.290. The lowest BCUT2D eigenvalue weighted by atomic mass is 9.47. The number of benzene rings is 1. The van der Waals surface area contributed by atoms with Gasteiger partial charge in [-0.1, -0.05) is 65.5 Å². The van der Waals surface area contributed by atoms with Gasteiger partial charge < -0.3 is 16.2 Å². The lowest BCUT2D eigenvalue weighted by molar-refractivity contribution is -0.0594. The van der Waals surface area contributed by atoms with Crippen molar-refractivity contribution < 1.29 is 9.53 Å². The van der Waals surface area contributed by atoms with E-state index in [1.165, 1.54) is 51.4 Å². The third kappa shape index (κ3) is 5.15. The third-order valence-electron chi connectivity index (χ3n) is 12.2. The predicted molar refractivity (Wildman–Crippen MR) is 162 cm³/mol. The number of carbonyl (C=O) groups is 1. The van der Waals surface area contributed by atoms with E-state index in [0.717, 1.165) is 60.3 Å². The molecule has 4 heteroatoms. The van der Waals surface area contributed by atoms with E-state index in [0.29, 0.717) is 22.4 Å². The van der Waals surface area contributed by atoms with Crippen LogP contribution in [0.4, 0.5) is 11.4 Å². The molecule has 3 saturated carbocycles. The van der Waals surface area contributed by atoms with Gasteiger partial charge in [0.05, 0.1) is 5.56 Å². The Labute approximate surface area is 237 Å². The van der Waals surface area contributed by atoms with Crippen LogP contribution in [0.15, 0.2) is 23.8 Å². The maximum atomic E-state index is 13.1. The van der Waals surface area contributed by atoms with Crippen molar-refractivity contribution in [3.63, 3.8) is 0 Å². The molecule has 0 amide bonds. The minimum absolute atomic E-state index is 0.0631. The summed E-state index contributed by atoms with van der Waals surface area (Å²) < 4.78 is 6.08. The number of hydrogen-bond acceptors (Lipinski definition) is 4. The van der Waals surface area contributed by atoms with Crippen molar-refractivity contribution in [3.8, 4) is 0 Å². The maximum absolute atomic E-state index is 13.1. The van der Waals surface area contributed by atoms with Crippen molar-refractivity contribution in [2.24, 2.45) is 46.3 Å². The van der Waals surface area contributed by atoms with Crippen molar-refractivity contribution in [2.45, 2.75) is 118 Å². The molecule has 0 bridgehead atoms. The number of nitrogen functional groups attached to an aromatic ring is 2. The van der Waals surface area contributed by atoms with Gasteiger partial charge in [0.2, 0.25) is 0 Å². The molecule has 4 N–H and O–H groups in total. The zero-order valence-electron chi connectivity index (χ0n) is 25.5. The smallest absolute Gasteiger partial charge is 0.338 e. The fraction of sp³-hybridized carbons (Fsp3) is 0.743. The molecule has 0 unspecified atom stereocenters. The summed E-state index contributed by atoms with van der Waals surface area (Å²) >= 11 is 0. The number of carbonyl (C=O) groups excluding carboxylic acids is 1. The van der Waals surface area contributed by atoms with Gasteiger partial charge in [0.25, 0.3) is 0 Å². The molecule has 4 nitrogen and oxygen atoms in total. The highest BCUT2D eigenvalue weighted by atomic mass is 16.5. The molecule has 0 radical (unpaired) electrons. The van der Waals surface area contributed by atoms with Crippen LogP contribution in [0.3, 0.4) is 0 Å². The van der Waals surface area contributed by atoms with Crippen LogP contribution in [-0.2, 0) is 4.74 Å². The Morgan fingerprint density at radius 1 is 1.03 bits per heavy atom. The molecule has 1 aromatic rings. The van der Waals surface area contributed by atoms with Gasteiger partial charge in [0.15, 0.2) is 0 Å². The average molecular weight is 535 g/mol. The van der Waals surface area contributed by atoms with E-state index in [1.54, 1.807) is 17.7 Å². The topological polar surface area (TPSA) is 78.3 Å². The zero-order chi connectivity index (χ0) is 28.1. The molecule has 0 aliphatic heterocycles. The highest BCUT2D eigenvalue weighted by Crippen LogP contribution is 2.67. The Kier molecular flexibility index (Phi) is 7.90. The Morgan fingerprint density at radius 2 is 1.79 bits per heavy atom. The summed E-state index contributed by atoms with van der Waals surface area (Å²) in [5, 5.41) is 0. The van der Waals surface area contributed by atoms with Gasteiger partial charge in [-0.15, -0.1) is 0 Å². The van der Waals surface area contributed by atoms with Crippen LogP contribution >= 0.6 is 0 Å². The Hall–Kier alpha value is -1.97. The van der Waals surface area contributed by atoms with Crippen LogP contribution in [-0.4, -0.2) is 12.1 Å². The fourth-order valence-electron chi connectivity index (χ4n) is 9.94. The van der Waals surface area contributed by atoms with E-state index < -0.39 is 0 Å². The number of hydrogen-bond donors (Lipinski definition) is 2. The first-order valence-corrected chi connectivity index (χ1v) is 16.0. The molecule has 5 rings (SSSR count). The summed E-state index contributed by atoms with van der Waals surface area (Å²) in [6.45, 7) is 14.4. The van der Waals surface area contributed by atoms with E-state index in [1.807, 2.05) is 6.92 Å². The predicted octanol–water partition coefficient (Wildman–Crippen LogP) is 8.73. The summed E-state index contributed by atoms with van der Waals surface area (Å²) in [6, 6.07) is 3.40. The zero-order valence-corrected chi connectivity index (χ0v) is 25.5. The van der Waals surface area contributed by atoms with Crippen molar-refractivity contribution >= 4 is 17.3 Å². The quantitative estimate of drug-likeness (QED) is 0.208. The van der Waals surface area contributed by atoms with Gasteiger partial charge in [-0.05, 0) is 116 Å². The summed E-state index contributed by atoms with van der Waals surface area (Å²) in [4.78, 5) is 13.1. The van der Waals surface area contributed by atoms with Crippen molar-refractivity contribution in [3.05, 3.63) is 34.9 Å². The number of anilines is 2. The highest BCUT2D eigenvalue weighted by Gasteiger charge is 2.59. The molecule has 8 atom stereocenters. The van der Waals surface area contributed by atoms with E-state index in [2.05, 4.69) is 40.7 Å². The Bertz CT molecular complexity index is 1110. The summed E-state index contributed by atoms with van der Waals surface area (Å²) in [6.07, 6.45) is 16.5. The minimum Gasteiger partial charge on any atom is -0.458 e. The second kappa shape index (κ2) is 10.8.